The minimum absolute atomic E-state index is 0.0171. The highest BCUT2D eigenvalue weighted by Crippen LogP contribution is 2.19. The fourth-order valence-corrected chi connectivity index (χ4v) is 2.55. The van der Waals surface area contributed by atoms with Crippen molar-refractivity contribution in [2.24, 2.45) is 5.14 Å². The zero-order chi connectivity index (χ0) is 15.3. The molecule has 114 valence electrons. The van der Waals surface area contributed by atoms with Crippen molar-refractivity contribution in [2.75, 3.05) is 17.6 Å². The average Bonchev–Trinajstić information content (AvgIpc) is 2.90. The minimum Gasteiger partial charge on any atom is -0.399 e. The van der Waals surface area contributed by atoms with Crippen LogP contribution in [0.5, 0.6) is 0 Å². The Hall–Kier alpha value is -2.06. The number of aromatic nitrogens is 2. The van der Waals surface area contributed by atoms with Gasteiger partial charge in [-0.15, -0.1) is 0 Å². The van der Waals surface area contributed by atoms with Crippen LogP contribution in [0, 0.1) is 0 Å². The van der Waals surface area contributed by atoms with Crippen LogP contribution in [0.1, 0.15) is 12.8 Å². The van der Waals surface area contributed by atoms with Crippen molar-refractivity contribution in [1.29, 1.82) is 0 Å². The number of unbranched alkanes of at least 4 members (excludes halogenated alkanes) is 1. The number of nitrogens with two attached hydrogens (primary N) is 2. The second kappa shape index (κ2) is 6.59. The number of nitrogens with zero attached hydrogens (tertiary/aromatic N) is 2. The maximum Gasteiger partial charge on any atom is 0.238 e. The van der Waals surface area contributed by atoms with Crippen LogP contribution in [-0.2, 0) is 16.6 Å². The zero-order valence-corrected chi connectivity index (χ0v) is 12.4. The molecule has 0 radical (unpaired) electrons. The molecule has 0 fully saturated rings. The van der Waals surface area contributed by atoms with Crippen LogP contribution in [0.4, 0.5) is 11.4 Å². The summed E-state index contributed by atoms with van der Waals surface area (Å²) in [5.74, 6) is 0. The van der Waals surface area contributed by atoms with Gasteiger partial charge in [-0.3, -0.25) is 0 Å². The van der Waals surface area contributed by atoms with Crippen molar-refractivity contribution in [2.45, 2.75) is 24.3 Å². The quantitative estimate of drug-likeness (QED) is 0.521. The Morgan fingerprint density at radius 1 is 1.24 bits per heavy atom. The number of sulfonamides is 1. The molecule has 0 atom stereocenters. The van der Waals surface area contributed by atoms with Gasteiger partial charge in [-0.25, -0.2) is 18.5 Å². The first-order valence-corrected chi connectivity index (χ1v) is 8.13. The zero-order valence-electron chi connectivity index (χ0n) is 11.6. The van der Waals surface area contributed by atoms with Gasteiger partial charge in [-0.05, 0) is 31.0 Å². The van der Waals surface area contributed by atoms with Gasteiger partial charge in [0.05, 0.1) is 11.2 Å². The predicted octanol–water partition coefficient (Wildman–Crippen LogP) is 1.01. The third kappa shape index (κ3) is 4.76. The van der Waals surface area contributed by atoms with E-state index in [1.54, 1.807) is 18.6 Å². The lowest BCUT2D eigenvalue weighted by Crippen LogP contribution is -2.13. The highest BCUT2D eigenvalue weighted by Gasteiger charge is 2.09. The van der Waals surface area contributed by atoms with Crippen LogP contribution < -0.4 is 16.2 Å². The summed E-state index contributed by atoms with van der Waals surface area (Å²) in [7, 11) is -3.74. The Balaban J connectivity index is 1.84. The second-order valence-corrected chi connectivity index (χ2v) is 6.33. The van der Waals surface area contributed by atoms with E-state index in [2.05, 4.69) is 10.3 Å². The molecule has 21 heavy (non-hydrogen) atoms. The summed E-state index contributed by atoms with van der Waals surface area (Å²) in [6.07, 6.45) is 7.39. The Morgan fingerprint density at radius 2 is 2.05 bits per heavy atom. The number of benzene rings is 1. The lowest BCUT2D eigenvalue weighted by atomic mass is 10.2. The van der Waals surface area contributed by atoms with E-state index < -0.39 is 10.0 Å². The maximum atomic E-state index is 11.3. The predicted molar refractivity (Wildman–Crippen MR) is 82.2 cm³/mol. The van der Waals surface area contributed by atoms with Crippen molar-refractivity contribution in [3.8, 4) is 0 Å². The number of anilines is 2. The molecule has 2 rings (SSSR count). The molecule has 1 heterocycles. The van der Waals surface area contributed by atoms with Gasteiger partial charge >= 0.3 is 0 Å². The van der Waals surface area contributed by atoms with Crippen LogP contribution >= 0.6 is 0 Å². The fourth-order valence-electron chi connectivity index (χ4n) is 1.96. The molecule has 0 amide bonds. The SMILES string of the molecule is Nc1cc(NCCCCn2ccnc2)cc(S(N)(=O)=O)c1. The van der Waals surface area contributed by atoms with Crippen LogP contribution in [0.2, 0.25) is 0 Å². The summed E-state index contributed by atoms with van der Waals surface area (Å²) in [4.78, 5) is 3.99. The molecule has 0 saturated carbocycles. The van der Waals surface area contributed by atoms with E-state index in [-0.39, 0.29) is 4.90 Å². The Labute approximate surface area is 124 Å². The monoisotopic (exact) mass is 309 g/mol. The summed E-state index contributed by atoms with van der Waals surface area (Å²) >= 11 is 0. The molecule has 0 aliphatic heterocycles. The number of imidazole rings is 1. The molecular weight excluding hydrogens is 290 g/mol. The Kier molecular flexibility index (Phi) is 4.81. The lowest BCUT2D eigenvalue weighted by molar-refractivity contribution is 0.598. The first-order chi connectivity index (χ1) is 9.95. The van der Waals surface area contributed by atoms with Gasteiger partial charge in [0.15, 0.2) is 0 Å². The second-order valence-electron chi connectivity index (χ2n) is 4.77. The normalized spacial score (nSPS) is 11.5. The van der Waals surface area contributed by atoms with Gasteiger partial charge in [-0.1, -0.05) is 0 Å². The molecule has 5 N–H and O–H groups in total. The summed E-state index contributed by atoms with van der Waals surface area (Å²) in [6, 6.07) is 4.52. The molecule has 0 unspecified atom stereocenters. The summed E-state index contributed by atoms with van der Waals surface area (Å²) < 4.78 is 24.7. The van der Waals surface area contributed by atoms with E-state index in [1.807, 2.05) is 10.8 Å². The van der Waals surface area contributed by atoms with E-state index in [9.17, 15) is 8.42 Å². The molecule has 2 aromatic rings. The lowest BCUT2D eigenvalue weighted by Gasteiger charge is -2.09. The van der Waals surface area contributed by atoms with E-state index >= 15 is 0 Å². The van der Waals surface area contributed by atoms with Gasteiger partial charge in [0.25, 0.3) is 0 Å². The summed E-state index contributed by atoms with van der Waals surface area (Å²) in [5.41, 5.74) is 6.70. The standard InChI is InChI=1S/C13H19N5O2S/c14-11-7-12(9-13(8-11)21(15,19)20)17-3-1-2-5-18-6-4-16-10-18/h4,6-10,17H,1-3,5,14H2,(H2,15,19,20). The van der Waals surface area contributed by atoms with Gasteiger partial charge in [0.1, 0.15) is 0 Å². The van der Waals surface area contributed by atoms with Crippen LogP contribution in [-0.4, -0.2) is 24.5 Å². The number of hydrogen-bond acceptors (Lipinski definition) is 5. The molecule has 0 aliphatic carbocycles. The molecule has 8 heteroatoms. The van der Waals surface area contributed by atoms with Gasteiger partial charge < -0.3 is 15.6 Å². The molecule has 0 aliphatic rings. The fraction of sp³-hybridized carbons (Fsp3) is 0.308. The number of aryl methyl sites for hydroxylation is 1. The number of nitrogen functional groups attached to an aromatic ring is 1. The van der Waals surface area contributed by atoms with Crippen LogP contribution in [0.15, 0.2) is 41.8 Å². The Morgan fingerprint density at radius 3 is 2.71 bits per heavy atom. The molecule has 1 aromatic carbocycles. The number of rotatable bonds is 7. The van der Waals surface area contributed by atoms with Crippen molar-refractivity contribution in [1.82, 2.24) is 9.55 Å². The molecule has 0 saturated heterocycles. The van der Waals surface area contributed by atoms with Crippen molar-refractivity contribution >= 4 is 21.4 Å². The van der Waals surface area contributed by atoms with E-state index in [4.69, 9.17) is 10.9 Å². The highest BCUT2D eigenvalue weighted by molar-refractivity contribution is 7.89. The van der Waals surface area contributed by atoms with Crippen LogP contribution in [0.25, 0.3) is 0 Å². The topological polar surface area (TPSA) is 116 Å². The number of nitrogens with one attached hydrogen (secondary N) is 1. The molecule has 0 spiro atoms. The summed E-state index contributed by atoms with van der Waals surface area (Å²) in [5, 5.41) is 8.26. The summed E-state index contributed by atoms with van der Waals surface area (Å²) in [6.45, 7) is 1.63. The largest absolute Gasteiger partial charge is 0.399 e. The Bertz CT molecular complexity index is 683. The first kappa shape index (κ1) is 15.3. The van der Waals surface area contributed by atoms with Gasteiger partial charge in [0, 0.05) is 36.9 Å². The third-order valence-electron chi connectivity index (χ3n) is 2.99. The molecule has 0 bridgehead atoms. The maximum absolute atomic E-state index is 11.3. The number of primary sulfonamides is 1. The van der Waals surface area contributed by atoms with Crippen molar-refractivity contribution < 1.29 is 8.42 Å². The molecule has 7 nitrogen and oxygen atoms in total. The minimum atomic E-state index is -3.74. The highest BCUT2D eigenvalue weighted by atomic mass is 32.2. The van der Waals surface area contributed by atoms with Gasteiger partial charge in [-0.2, -0.15) is 0 Å². The third-order valence-corrected chi connectivity index (χ3v) is 3.88. The first-order valence-electron chi connectivity index (χ1n) is 6.58. The smallest absolute Gasteiger partial charge is 0.238 e. The van der Waals surface area contributed by atoms with Crippen molar-refractivity contribution in [3.05, 3.63) is 36.9 Å². The van der Waals surface area contributed by atoms with Crippen LogP contribution in [0.3, 0.4) is 0 Å². The molecular formula is C13H19N5O2S. The number of hydrogen-bond donors (Lipinski definition) is 3. The van der Waals surface area contributed by atoms with E-state index in [0.29, 0.717) is 11.4 Å². The van der Waals surface area contributed by atoms with Crippen molar-refractivity contribution in [3.63, 3.8) is 0 Å². The van der Waals surface area contributed by atoms with E-state index in [0.717, 1.165) is 25.9 Å². The van der Waals surface area contributed by atoms with E-state index in [1.165, 1.54) is 12.1 Å². The average molecular weight is 309 g/mol. The van der Waals surface area contributed by atoms with Gasteiger partial charge in [0.2, 0.25) is 10.0 Å². The molecule has 1 aromatic heterocycles.